The molecule has 0 saturated heterocycles. The predicted octanol–water partition coefficient (Wildman–Crippen LogP) is 0.498. The number of carbonyl (C=O) groups is 2. The number of carboxylic acids is 1. The molecule has 0 bridgehead atoms. The van der Waals surface area contributed by atoms with Crippen LogP contribution in [0.2, 0.25) is 0 Å². The van der Waals surface area contributed by atoms with Crippen LogP contribution < -0.4 is 0 Å². The number of carbonyl (C=O) groups excluding carboxylic acids is 1. The molecule has 5 heteroatoms. The second kappa shape index (κ2) is 6.78. The molecule has 0 saturated carbocycles. The van der Waals surface area contributed by atoms with E-state index in [-0.39, 0.29) is 12.2 Å². The summed E-state index contributed by atoms with van der Waals surface area (Å²) in [7, 11) is 0. The largest absolute Gasteiger partial charge is 0.481 e. The van der Waals surface area contributed by atoms with Crippen molar-refractivity contribution in [1.29, 1.82) is 0 Å². The molecule has 84 valence electrons. The number of aliphatic carboxylic acids is 1. The fraction of sp³-hybridized carbons (Fsp3) is 0.400. The molecule has 2 N–H and O–H groups in total. The highest BCUT2D eigenvalue weighted by Crippen LogP contribution is 2.06. The maximum atomic E-state index is 11.2. The van der Waals surface area contributed by atoms with Crippen molar-refractivity contribution < 1.29 is 24.5 Å². The van der Waals surface area contributed by atoms with Gasteiger partial charge < -0.3 is 14.9 Å². The van der Waals surface area contributed by atoms with Gasteiger partial charge >= 0.3 is 11.9 Å². The van der Waals surface area contributed by atoms with Gasteiger partial charge in [0.05, 0.1) is 13.0 Å². The zero-order valence-electron chi connectivity index (χ0n) is 8.31. The number of hydrogen-bond acceptors (Lipinski definition) is 4. The summed E-state index contributed by atoms with van der Waals surface area (Å²) in [6.07, 6.45) is 0.641. The topological polar surface area (TPSA) is 83.8 Å². The van der Waals surface area contributed by atoms with Gasteiger partial charge in [-0.25, -0.2) is 4.79 Å². The summed E-state index contributed by atoms with van der Waals surface area (Å²) in [5.74, 6) is -1.96. The number of aliphatic hydroxyl groups is 1. The first-order valence-electron chi connectivity index (χ1n) is 4.33. The van der Waals surface area contributed by atoms with Crippen molar-refractivity contribution in [3.63, 3.8) is 0 Å². The molecule has 0 radical (unpaired) electrons. The smallest absolute Gasteiger partial charge is 0.334 e. The average molecular weight is 214 g/mol. The van der Waals surface area contributed by atoms with Crippen LogP contribution in [-0.2, 0) is 14.3 Å². The maximum absolute atomic E-state index is 11.2. The van der Waals surface area contributed by atoms with Crippen LogP contribution in [0.3, 0.4) is 0 Å². The lowest BCUT2D eigenvalue weighted by atomic mass is 10.2. The molecule has 1 atom stereocenters. The second-order valence-corrected chi connectivity index (χ2v) is 2.91. The molecule has 0 aliphatic rings. The lowest BCUT2D eigenvalue weighted by Crippen LogP contribution is -2.22. The average Bonchev–Trinajstić information content (AvgIpc) is 2.15. The third kappa shape index (κ3) is 5.64. The van der Waals surface area contributed by atoms with Gasteiger partial charge in [0.25, 0.3) is 0 Å². The summed E-state index contributed by atoms with van der Waals surface area (Å²) in [6, 6.07) is 0. The van der Waals surface area contributed by atoms with Crippen molar-refractivity contribution in [2.75, 3.05) is 6.61 Å². The Morgan fingerprint density at radius 1 is 1.47 bits per heavy atom. The fourth-order valence-electron chi connectivity index (χ4n) is 0.835. The molecule has 0 aliphatic heterocycles. The Kier molecular flexibility index (Phi) is 6.05. The van der Waals surface area contributed by atoms with E-state index in [1.54, 1.807) is 0 Å². The van der Waals surface area contributed by atoms with Gasteiger partial charge in [0.1, 0.15) is 6.10 Å². The molecular weight excluding hydrogens is 200 g/mol. The molecule has 0 rings (SSSR count). The molecule has 5 nitrogen and oxygen atoms in total. The van der Waals surface area contributed by atoms with Crippen molar-refractivity contribution in [2.24, 2.45) is 0 Å². The lowest BCUT2D eigenvalue weighted by Gasteiger charge is -2.13. The highest BCUT2D eigenvalue weighted by atomic mass is 16.6. The summed E-state index contributed by atoms with van der Waals surface area (Å²) >= 11 is 0. The van der Waals surface area contributed by atoms with Crippen LogP contribution >= 0.6 is 0 Å². The van der Waals surface area contributed by atoms with Crippen molar-refractivity contribution in [2.45, 2.75) is 18.9 Å². The maximum Gasteiger partial charge on any atom is 0.334 e. The molecule has 0 aromatic rings. The van der Waals surface area contributed by atoms with Gasteiger partial charge in [0, 0.05) is 12.0 Å². The van der Waals surface area contributed by atoms with Crippen LogP contribution in [0.5, 0.6) is 0 Å². The van der Waals surface area contributed by atoms with Crippen LogP contribution in [-0.4, -0.2) is 34.9 Å². The van der Waals surface area contributed by atoms with Gasteiger partial charge in [0.2, 0.25) is 0 Å². The summed E-state index contributed by atoms with van der Waals surface area (Å²) < 4.78 is 4.78. The summed E-state index contributed by atoms with van der Waals surface area (Å²) in [5.41, 5.74) is -0.148. The third-order valence-corrected chi connectivity index (χ3v) is 1.56. The SMILES string of the molecule is C=CCC(CO)OC(=O)C(=C)CC(=O)O. The highest BCUT2D eigenvalue weighted by Gasteiger charge is 2.16. The van der Waals surface area contributed by atoms with Crippen LogP contribution in [0, 0.1) is 0 Å². The number of carboxylic acid groups (broad SMARTS) is 1. The number of aliphatic hydroxyl groups excluding tert-OH is 1. The minimum atomic E-state index is -1.15. The summed E-state index contributed by atoms with van der Waals surface area (Å²) in [6.45, 7) is 6.37. The van der Waals surface area contributed by atoms with E-state index in [0.717, 1.165) is 0 Å². The van der Waals surface area contributed by atoms with Gasteiger partial charge in [-0.05, 0) is 0 Å². The molecule has 0 aromatic carbocycles. The first-order chi connectivity index (χ1) is 7.01. The van der Waals surface area contributed by atoms with E-state index in [2.05, 4.69) is 13.2 Å². The van der Waals surface area contributed by atoms with E-state index < -0.39 is 24.5 Å². The molecule has 0 aromatic heterocycles. The Hall–Kier alpha value is -1.62. The Morgan fingerprint density at radius 2 is 2.07 bits per heavy atom. The van der Waals surface area contributed by atoms with Crippen molar-refractivity contribution in [3.8, 4) is 0 Å². The zero-order chi connectivity index (χ0) is 11.8. The van der Waals surface area contributed by atoms with Gasteiger partial charge in [-0.1, -0.05) is 12.7 Å². The van der Waals surface area contributed by atoms with Gasteiger partial charge in [-0.2, -0.15) is 0 Å². The highest BCUT2D eigenvalue weighted by molar-refractivity contribution is 5.92. The molecule has 15 heavy (non-hydrogen) atoms. The second-order valence-electron chi connectivity index (χ2n) is 2.91. The van der Waals surface area contributed by atoms with Crippen molar-refractivity contribution in [1.82, 2.24) is 0 Å². The molecule has 0 aliphatic carbocycles. The monoisotopic (exact) mass is 214 g/mol. The number of rotatable bonds is 7. The molecular formula is C10H14O5. The molecule has 1 unspecified atom stereocenters. The minimum Gasteiger partial charge on any atom is -0.481 e. The molecule has 0 spiro atoms. The molecule has 0 fully saturated rings. The Labute approximate surface area is 87.7 Å². The van der Waals surface area contributed by atoms with Gasteiger partial charge in [-0.3, -0.25) is 4.79 Å². The summed E-state index contributed by atoms with van der Waals surface area (Å²) in [4.78, 5) is 21.5. The summed E-state index contributed by atoms with van der Waals surface area (Å²) in [5, 5.41) is 17.2. The first-order valence-corrected chi connectivity index (χ1v) is 4.33. The van der Waals surface area contributed by atoms with Crippen molar-refractivity contribution >= 4 is 11.9 Å². The first kappa shape index (κ1) is 13.4. The zero-order valence-corrected chi connectivity index (χ0v) is 8.31. The van der Waals surface area contributed by atoms with E-state index in [0.29, 0.717) is 6.42 Å². The minimum absolute atomic E-state index is 0.148. The lowest BCUT2D eigenvalue weighted by molar-refractivity contribution is -0.148. The Morgan fingerprint density at radius 3 is 2.47 bits per heavy atom. The van der Waals surface area contributed by atoms with Gasteiger partial charge in [0.15, 0.2) is 0 Å². The Balaban J connectivity index is 4.15. The predicted molar refractivity (Wildman–Crippen MR) is 53.2 cm³/mol. The van der Waals surface area contributed by atoms with Crippen LogP contribution in [0.25, 0.3) is 0 Å². The Bertz CT molecular complexity index is 269. The van der Waals surface area contributed by atoms with E-state index in [4.69, 9.17) is 14.9 Å². The van der Waals surface area contributed by atoms with Crippen LogP contribution in [0.15, 0.2) is 24.8 Å². The fourth-order valence-corrected chi connectivity index (χ4v) is 0.835. The van der Waals surface area contributed by atoms with Crippen LogP contribution in [0.4, 0.5) is 0 Å². The number of ether oxygens (including phenoxy) is 1. The number of esters is 1. The van der Waals surface area contributed by atoms with E-state index in [9.17, 15) is 9.59 Å². The standard InChI is InChI=1S/C10H14O5/c1-3-4-8(6-11)15-10(14)7(2)5-9(12)13/h3,8,11H,1-2,4-6H2,(H,12,13). The van der Waals surface area contributed by atoms with E-state index in [1.807, 2.05) is 0 Å². The third-order valence-electron chi connectivity index (χ3n) is 1.56. The molecule has 0 heterocycles. The normalized spacial score (nSPS) is 11.5. The van der Waals surface area contributed by atoms with Crippen molar-refractivity contribution in [3.05, 3.63) is 24.8 Å². The van der Waals surface area contributed by atoms with E-state index >= 15 is 0 Å². The quantitative estimate of drug-likeness (QED) is 0.366. The van der Waals surface area contributed by atoms with Gasteiger partial charge in [-0.15, -0.1) is 6.58 Å². The van der Waals surface area contributed by atoms with E-state index in [1.165, 1.54) is 6.08 Å². The number of hydrogen-bond donors (Lipinski definition) is 2. The molecule has 0 amide bonds. The van der Waals surface area contributed by atoms with Crippen LogP contribution in [0.1, 0.15) is 12.8 Å².